The van der Waals surface area contributed by atoms with Gasteiger partial charge in [-0.05, 0) is 26.0 Å². The lowest BCUT2D eigenvalue weighted by atomic mass is 10.1. The van der Waals surface area contributed by atoms with Gasteiger partial charge in [-0.2, -0.15) is 0 Å². The molecule has 6 nitrogen and oxygen atoms in total. The molecule has 17 heavy (non-hydrogen) atoms. The van der Waals surface area contributed by atoms with Crippen LogP contribution in [-0.2, 0) is 0 Å². The summed E-state index contributed by atoms with van der Waals surface area (Å²) in [6.45, 7) is 2.84. The quantitative estimate of drug-likeness (QED) is 0.588. The molecular weight excluding hydrogens is 224 g/mol. The van der Waals surface area contributed by atoms with Crippen LogP contribution in [0.2, 0.25) is 0 Å². The van der Waals surface area contributed by atoms with Gasteiger partial charge in [-0.25, -0.2) is 9.78 Å². The second-order valence-corrected chi connectivity index (χ2v) is 4.14. The van der Waals surface area contributed by atoms with Crippen molar-refractivity contribution in [1.82, 2.24) is 4.98 Å². The van der Waals surface area contributed by atoms with Crippen LogP contribution in [0.15, 0.2) is 12.1 Å². The number of aryl methyl sites for hydroxylation is 1. The molecule has 0 spiro atoms. The van der Waals surface area contributed by atoms with Gasteiger partial charge in [-0.3, -0.25) is 0 Å². The molecule has 94 valence electrons. The first kappa shape index (κ1) is 13.4. The summed E-state index contributed by atoms with van der Waals surface area (Å²) in [6.07, 6.45) is 0. The van der Waals surface area contributed by atoms with Gasteiger partial charge in [0.1, 0.15) is 11.4 Å². The van der Waals surface area contributed by atoms with E-state index in [1.807, 2.05) is 0 Å². The van der Waals surface area contributed by atoms with E-state index >= 15 is 0 Å². The molecule has 0 saturated carbocycles. The van der Waals surface area contributed by atoms with E-state index < -0.39 is 11.6 Å². The van der Waals surface area contributed by atoms with Gasteiger partial charge in [-0.1, -0.05) is 0 Å². The number of nitrogens with one attached hydrogen (secondary N) is 1. The highest BCUT2D eigenvalue weighted by Crippen LogP contribution is 2.12. The SMILES string of the molecule is Cc1nc(NCC(C)(O)CO)ccc1C(=O)O. The lowest BCUT2D eigenvalue weighted by Crippen LogP contribution is -2.37. The first-order chi connectivity index (χ1) is 7.85. The van der Waals surface area contributed by atoms with Crippen molar-refractivity contribution in [3.63, 3.8) is 0 Å². The Bertz CT molecular complexity index is 418. The van der Waals surface area contributed by atoms with E-state index in [4.69, 9.17) is 10.2 Å². The van der Waals surface area contributed by atoms with Gasteiger partial charge in [0.2, 0.25) is 0 Å². The third kappa shape index (κ3) is 3.69. The maximum absolute atomic E-state index is 10.8. The van der Waals surface area contributed by atoms with Crippen LogP contribution in [-0.4, -0.2) is 45.0 Å². The standard InChI is InChI=1S/C11H16N2O4/c1-7-8(10(15)16)3-4-9(13-7)12-5-11(2,17)6-14/h3-4,14,17H,5-6H2,1-2H3,(H,12,13)(H,15,16). The summed E-state index contributed by atoms with van der Waals surface area (Å²) in [4.78, 5) is 14.8. The zero-order valence-corrected chi connectivity index (χ0v) is 9.77. The normalized spacial score (nSPS) is 14.1. The molecule has 0 aromatic carbocycles. The van der Waals surface area contributed by atoms with Gasteiger partial charge in [0.25, 0.3) is 0 Å². The van der Waals surface area contributed by atoms with E-state index in [9.17, 15) is 9.90 Å². The van der Waals surface area contributed by atoms with Crippen molar-refractivity contribution in [3.05, 3.63) is 23.4 Å². The van der Waals surface area contributed by atoms with E-state index in [1.54, 1.807) is 6.92 Å². The molecule has 4 N–H and O–H groups in total. The minimum absolute atomic E-state index is 0.127. The lowest BCUT2D eigenvalue weighted by molar-refractivity contribution is 0.0131. The Morgan fingerprint density at radius 2 is 2.18 bits per heavy atom. The van der Waals surface area contributed by atoms with E-state index in [0.29, 0.717) is 11.5 Å². The molecule has 0 bridgehead atoms. The van der Waals surface area contributed by atoms with Crippen molar-refractivity contribution in [2.75, 3.05) is 18.5 Å². The van der Waals surface area contributed by atoms with Crippen LogP contribution >= 0.6 is 0 Å². The number of carbonyl (C=O) groups is 1. The number of aromatic nitrogens is 1. The van der Waals surface area contributed by atoms with E-state index in [2.05, 4.69) is 10.3 Å². The molecule has 0 radical (unpaired) electrons. The molecule has 1 aromatic rings. The molecule has 6 heteroatoms. The summed E-state index contributed by atoms with van der Waals surface area (Å²) in [5.74, 6) is -0.565. The molecule has 1 heterocycles. The third-order valence-corrected chi connectivity index (χ3v) is 2.31. The first-order valence-corrected chi connectivity index (χ1v) is 5.14. The van der Waals surface area contributed by atoms with Gasteiger partial charge >= 0.3 is 5.97 Å². The average Bonchev–Trinajstić information content (AvgIpc) is 2.26. The van der Waals surface area contributed by atoms with Crippen LogP contribution in [0.5, 0.6) is 0 Å². The molecule has 1 unspecified atom stereocenters. The van der Waals surface area contributed by atoms with Crippen LogP contribution in [0, 0.1) is 6.92 Å². The number of aromatic carboxylic acids is 1. The van der Waals surface area contributed by atoms with Crippen molar-refractivity contribution >= 4 is 11.8 Å². The number of hydrogen-bond donors (Lipinski definition) is 4. The Labute approximate surface area is 98.9 Å². The number of aliphatic hydroxyl groups excluding tert-OH is 1. The Morgan fingerprint density at radius 3 is 2.65 bits per heavy atom. The Morgan fingerprint density at radius 1 is 1.53 bits per heavy atom. The molecule has 0 amide bonds. The first-order valence-electron chi connectivity index (χ1n) is 5.14. The molecule has 1 aromatic heterocycles. The topological polar surface area (TPSA) is 103 Å². The molecule has 0 aliphatic rings. The van der Waals surface area contributed by atoms with Crippen LogP contribution < -0.4 is 5.32 Å². The Balaban J connectivity index is 2.75. The summed E-state index contributed by atoms with van der Waals surface area (Å²) < 4.78 is 0. The van der Waals surface area contributed by atoms with Gasteiger partial charge in [0.05, 0.1) is 17.9 Å². The number of anilines is 1. The molecule has 0 aliphatic carbocycles. The zero-order chi connectivity index (χ0) is 13.1. The fraction of sp³-hybridized carbons (Fsp3) is 0.455. The number of nitrogens with zero attached hydrogens (tertiary/aromatic N) is 1. The summed E-state index contributed by atoms with van der Waals surface area (Å²) in [5.41, 5.74) is -0.697. The summed E-state index contributed by atoms with van der Waals surface area (Å²) in [6, 6.07) is 2.96. The fourth-order valence-corrected chi connectivity index (χ4v) is 1.22. The van der Waals surface area contributed by atoms with Gasteiger partial charge in [-0.15, -0.1) is 0 Å². The van der Waals surface area contributed by atoms with Crippen molar-refractivity contribution < 1.29 is 20.1 Å². The minimum atomic E-state index is -1.24. The van der Waals surface area contributed by atoms with E-state index in [1.165, 1.54) is 19.1 Å². The predicted molar refractivity (Wildman–Crippen MR) is 62.1 cm³/mol. The number of pyridine rings is 1. The molecule has 0 saturated heterocycles. The number of hydrogen-bond acceptors (Lipinski definition) is 5. The summed E-state index contributed by atoms with van der Waals surface area (Å²) in [5, 5.41) is 30.1. The van der Waals surface area contributed by atoms with E-state index in [0.717, 1.165) is 0 Å². The summed E-state index contributed by atoms with van der Waals surface area (Å²) in [7, 11) is 0. The van der Waals surface area contributed by atoms with Crippen molar-refractivity contribution in [3.8, 4) is 0 Å². The molecule has 0 aliphatic heterocycles. The Kier molecular flexibility index (Phi) is 4.03. The maximum Gasteiger partial charge on any atom is 0.337 e. The molecule has 0 fully saturated rings. The lowest BCUT2D eigenvalue weighted by Gasteiger charge is -2.21. The van der Waals surface area contributed by atoms with Crippen LogP contribution in [0.4, 0.5) is 5.82 Å². The van der Waals surface area contributed by atoms with Gasteiger partial charge < -0.3 is 20.6 Å². The number of rotatable bonds is 5. The summed E-state index contributed by atoms with van der Waals surface area (Å²) >= 11 is 0. The highest BCUT2D eigenvalue weighted by molar-refractivity contribution is 5.89. The fourth-order valence-electron chi connectivity index (χ4n) is 1.22. The Hall–Kier alpha value is -1.66. The number of aliphatic hydroxyl groups is 2. The molecule has 1 rings (SSSR count). The van der Waals surface area contributed by atoms with Crippen LogP contribution in [0.3, 0.4) is 0 Å². The van der Waals surface area contributed by atoms with E-state index in [-0.39, 0.29) is 18.7 Å². The average molecular weight is 240 g/mol. The van der Waals surface area contributed by atoms with Gasteiger partial charge in [0, 0.05) is 6.54 Å². The predicted octanol–water partition coefficient (Wildman–Crippen LogP) is 0.243. The van der Waals surface area contributed by atoms with Crippen LogP contribution in [0.25, 0.3) is 0 Å². The maximum atomic E-state index is 10.8. The van der Waals surface area contributed by atoms with Crippen molar-refractivity contribution in [2.24, 2.45) is 0 Å². The molecular formula is C11H16N2O4. The third-order valence-electron chi connectivity index (χ3n) is 2.31. The minimum Gasteiger partial charge on any atom is -0.478 e. The monoisotopic (exact) mass is 240 g/mol. The largest absolute Gasteiger partial charge is 0.478 e. The van der Waals surface area contributed by atoms with Crippen molar-refractivity contribution in [1.29, 1.82) is 0 Å². The highest BCUT2D eigenvalue weighted by atomic mass is 16.4. The van der Waals surface area contributed by atoms with Crippen LogP contribution in [0.1, 0.15) is 23.0 Å². The molecule has 1 atom stereocenters. The van der Waals surface area contributed by atoms with Gasteiger partial charge in [0.15, 0.2) is 0 Å². The number of carboxylic acids is 1. The second kappa shape index (κ2) is 5.11. The van der Waals surface area contributed by atoms with Crippen molar-refractivity contribution in [2.45, 2.75) is 19.4 Å². The zero-order valence-electron chi connectivity index (χ0n) is 9.77. The smallest absolute Gasteiger partial charge is 0.337 e. The highest BCUT2D eigenvalue weighted by Gasteiger charge is 2.18. The second-order valence-electron chi connectivity index (χ2n) is 4.14. The number of carboxylic acid groups (broad SMARTS) is 1.